The molecule has 0 bridgehead atoms. The number of amides is 2. The van der Waals surface area contributed by atoms with Gasteiger partial charge in [0.05, 0.1) is 10.7 Å². The van der Waals surface area contributed by atoms with Crippen LogP contribution >= 0.6 is 11.8 Å². The maximum atomic E-state index is 11.4. The fourth-order valence-electron chi connectivity index (χ4n) is 1.08. The molecule has 1 rings (SSSR count). The summed E-state index contributed by atoms with van der Waals surface area (Å²) >= 11 is 1.34. The van der Waals surface area contributed by atoms with E-state index in [0.29, 0.717) is 17.1 Å². The van der Waals surface area contributed by atoms with Gasteiger partial charge in [-0.15, -0.1) is 11.8 Å². The van der Waals surface area contributed by atoms with Gasteiger partial charge in [0.2, 0.25) is 0 Å². The summed E-state index contributed by atoms with van der Waals surface area (Å²) in [5, 5.41) is 7.01. The number of hydrogen-bond donors (Lipinski definition) is 2. The van der Waals surface area contributed by atoms with Crippen molar-refractivity contribution in [3.8, 4) is 0 Å². The Balaban J connectivity index is 2.34. The van der Waals surface area contributed by atoms with Gasteiger partial charge in [0.15, 0.2) is 0 Å². The lowest BCUT2D eigenvalue weighted by Crippen LogP contribution is -2.25. The molecule has 3 N–H and O–H groups in total. The van der Waals surface area contributed by atoms with E-state index in [-0.39, 0.29) is 17.6 Å². The van der Waals surface area contributed by atoms with Crippen molar-refractivity contribution in [1.82, 2.24) is 4.90 Å². The summed E-state index contributed by atoms with van der Waals surface area (Å²) in [6.07, 6.45) is 2.61. The summed E-state index contributed by atoms with van der Waals surface area (Å²) < 4.78 is 0. The second-order valence-electron chi connectivity index (χ2n) is 3.19. The van der Waals surface area contributed by atoms with E-state index in [9.17, 15) is 9.59 Å². The molecule has 0 aromatic heterocycles. The van der Waals surface area contributed by atoms with Gasteiger partial charge in [-0.3, -0.25) is 19.9 Å². The molecule has 0 aliphatic carbocycles. The number of nitrogens with zero attached hydrogens (tertiary/aromatic N) is 1. The normalized spacial score (nSPS) is 15.8. The molecule has 0 aromatic carbocycles. The molecule has 0 saturated heterocycles. The van der Waals surface area contributed by atoms with Crippen molar-refractivity contribution >= 4 is 29.4 Å². The summed E-state index contributed by atoms with van der Waals surface area (Å²) in [6, 6.07) is 0. The van der Waals surface area contributed by atoms with Gasteiger partial charge in [0.25, 0.3) is 11.8 Å². The molecule has 6 heteroatoms. The second-order valence-corrected chi connectivity index (χ2v) is 4.32. The Labute approximate surface area is 92.2 Å². The molecule has 5 nitrogen and oxygen atoms in total. The molecule has 0 atom stereocenters. The van der Waals surface area contributed by atoms with Gasteiger partial charge in [-0.1, -0.05) is 0 Å². The maximum absolute atomic E-state index is 11.4. The van der Waals surface area contributed by atoms with E-state index >= 15 is 0 Å². The predicted octanol–water partition coefficient (Wildman–Crippen LogP) is 0.318. The largest absolute Gasteiger partial charge is 0.388 e. The Morgan fingerprint density at radius 2 is 2.27 bits per heavy atom. The zero-order chi connectivity index (χ0) is 11.4. The predicted molar refractivity (Wildman–Crippen MR) is 59.5 cm³/mol. The van der Waals surface area contributed by atoms with Crippen LogP contribution in [-0.4, -0.2) is 35.4 Å². The lowest BCUT2D eigenvalue weighted by Gasteiger charge is -2.06. The Kier molecular flexibility index (Phi) is 3.90. The van der Waals surface area contributed by atoms with E-state index in [0.717, 1.165) is 11.3 Å². The third kappa shape index (κ3) is 3.09. The average Bonchev–Trinajstić information content (AvgIpc) is 2.41. The molecule has 1 aliphatic rings. The van der Waals surface area contributed by atoms with Crippen molar-refractivity contribution in [1.29, 1.82) is 5.41 Å². The van der Waals surface area contributed by atoms with Crippen molar-refractivity contribution in [3.05, 3.63) is 11.0 Å². The lowest BCUT2D eigenvalue weighted by molar-refractivity contribution is -0.135. The minimum Gasteiger partial charge on any atom is -0.388 e. The third-order valence-corrected chi connectivity index (χ3v) is 3.04. The van der Waals surface area contributed by atoms with Crippen molar-refractivity contribution in [2.45, 2.75) is 12.8 Å². The van der Waals surface area contributed by atoms with E-state index < -0.39 is 0 Å². The van der Waals surface area contributed by atoms with Gasteiger partial charge in [-0.05, 0) is 12.2 Å². The van der Waals surface area contributed by atoms with Crippen molar-refractivity contribution < 1.29 is 9.59 Å². The number of thioether (sulfide) groups is 1. The first kappa shape index (κ1) is 11.8. The highest BCUT2D eigenvalue weighted by Gasteiger charge is 2.27. The second kappa shape index (κ2) is 4.97. The van der Waals surface area contributed by atoms with Gasteiger partial charge in [0, 0.05) is 19.5 Å². The number of hydrogen-bond acceptors (Lipinski definition) is 4. The average molecular weight is 227 g/mol. The van der Waals surface area contributed by atoms with Crippen LogP contribution in [-0.2, 0) is 9.59 Å². The zero-order valence-electron chi connectivity index (χ0n) is 8.45. The maximum Gasteiger partial charge on any atom is 0.267 e. The molecule has 15 heavy (non-hydrogen) atoms. The SMILES string of the molecule is CN1C(=O)C=C(SCCCC(=N)N)C1=O. The molecular weight excluding hydrogens is 214 g/mol. The van der Waals surface area contributed by atoms with E-state index in [2.05, 4.69) is 0 Å². The highest BCUT2D eigenvalue weighted by molar-refractivity contribution is 8.04. The van der Waals surface area contributed by atoms with Crippen LogP contribution < -0.4 is 5.73 Å². The summed E-state index contributed by atoms with van der Waals surface area (Å²) in [6.45, 7) is 0. The van der Waals surface area contributed by atoms with E-state index in [1.165, 1.54) is 24.9 Å². The van der Waals surface area contributed by atoms with Crippen LogP contribution in [0, 0.1) is 5.41 Å². The standard InChI is InChI=1S/C9H13N3O2S/c1-12-8(13)5-6(9(12)14)15-4-2-3-7(10)11/h5H,2-4H2,1H3,(H3,10,11). The minimum atomic E-state index is -0.269. The van der Waals surface area contributed by atoms with Crippen LogP contribution in [0.25, 0.3) is 0 Å². The Morgan fingerprint density at radius 1 is 1.60 bits per heavy atom. The molecular formula is C9H13N3O2S. The number of nitrogens with one attached hydrogen (secondary N) is 1. The van der Waals surface area contributed by atoms with Crippen LogP contribution in [0.15, 0.2) is 11.0 Å². The molecule has 1 aliphatic heterocycles. The Hall–Kier alpha value is -1.30. The number of rotatable bonds is 5. The summed E-state index contributed by atoms with van der Waals surface area (Å²) in [4.78, 5) is 24.1. The summed E-state index contributed by atoms with van der Waals surface area (Å²) in [5.74, 6) is 0.329. The van der Waals surface area contributed by atoms with Gasteiger partial charge < -0.3 is 5.73 Å². The fourth-order valence-corrected chi connectivity index (χ4v) is 2.04. The van der Waals surface area contributed by atoms with E-state index in [1.54, 1.807) is 0 Å². The number of carbonyl (C=O) groups excluding carboxylic acids is 2. The molecule has 0 aromatic rings. The monoisotopic (exact) mass is 227 g/mol. The molecule has 82 valence electrons. The molecule has 0 fully saturated rings. The first-order valence-electron chi connectivity index (χ1n) is 4.52. The Morgan fingerprint density at radius 3 is 2.73 bits per heavy atom. The van der Waals surface area contributed by atoms with Crippen LogP contribution in [0.3, 0.4) is 0 Å². The topological polar surface area (TPSA) is 87.2 Å². The molecule has 1 heterocycles. The van der Waals surface area contributed by atoms with Gasteiger partial charge in [-0.2, -0.15) is 0 Å². The molecule has 2 amide bonds. The molecule has 0 radical (unpaired) electrons. The lowest BCUT2D eigenvalue weighted by atomic mass is 10.3. The first-order valence-corrected chi connectivity index (χ1v) is 5.50. The highest BCUT2D eigenvalue weighted by Crippen LogP contribution is 2.23. The third-order valence-electron chi connectivity index (χ3n) is 1.95. The van der Waals surface area contributed by atoms with Crippen LogP contribution in [0.2, 0.25) is 0 Å². The van der Waals surface area contributed by atoms with Crippen molar-refractivity contribution in [2.75, 3.05) is 12.8 Å². The van der Waals surface area contributed by atoms with Gasteiger partial charge in [-0.25, -0.2) is 0 Å². The van der Waals surface area contributed by atoms with E-state index in [1.807, 2.05) is 0 Å². The van der Waals surface area contributed by atoms with Gasteiger partial charge >= 0.3 is 0 Å². The molecule has 0 saturated carbocycles. The number of imide groups is 1. The van der Waals surface area contributed by atoms with E-state index in [4.69, 9.17) is 11.1 Å². The summed E-state index contributed by atoms with van der Waals surface area (Å²) in [7, 11) is 1.46. The van der Waals surface area contributed by atoms with Crippen LogP contribution in [0.1, 0.15) is 12.8 Å². The van der Waals surface area contributed by atoms with Gasteiger partial charge in [0.1, 0.15) is 0 Å². The van der Waals surface area contributed by atoms with Crippen LogP contribution in [0.4, 0.5) is 0 Å². The molecule has 0 unspecified atom stereocenters. The number of amidine groups is 1. The fraction of sp³-hybridized carbons (Fsp3) is 0.444. The quantitative estimate of drug-likeness (QED) is 0.306. The summed E-state index contributed by atoms with van der Waals surface area (Å²) in [5.41, 5.74) is 5.19. The number of carbonyl (C=O) groups is 2. The highest BCUT2D eigenvalue weighted by atomic mass is 32.2. The first-order chi connectivity index (χ1) is 7.02. The minimum absolute atomic E-state index is 0.149. The number of likely N-dealkylation sites (N-methyl/N-ethyl adjacent to an activating group) is 1. The zero-order valence-corrected chi connectivity index (χ0v) is 9.26. The van der Waals surface area contributed by atoms with Crippen molar-refractivity contribution in [3.63, 3.8) is 0 Å². The smallest absolute Gasteiger partial charge is 0.267 e. The molecule has 0 spiro atoms. The number of nitrogens with two attached hydrogens (primary N) is 1. The Bertz CT molecular complexity index is 338. The van der Waals surface area contributed by atoms with Crippen molar-refractivity contribution in [2.24, 2.45) is 5.73 Å². The van der Waals surface area contributed by atoms with Crippen LogP contribution in [0.5, 0.6) is 0 Å².